The SMILES string of the molecule is CCC(F)(F)C(Oc1cc(N)nc(NN)c1N)c1ccccc1. The predicted molar refractivity (Wildman–Crippen MR) is 85.9 cm³/mol. The number of alkyl halides is 2. The molecule has 0 aliphatic heterocycles. The number of aromatic nitrogens is 1. The molecule has 1 aromatic carbocycles. The van der Waals surface area contributed by atoms with Gasteiger partial charge in [-0.3, -0.25) is 0 Å². The molecule has 7 N–H and O–H groups in total. The van der Waals surface area contributed by atoms with Crippen LogP contribution in [0.1, 0.15) is 25.0 Å². The molecule has 0 spiro atoms. The van der Waals surface area contributed by atoms with Crippen LogP contribution in [0.2, 0.25) is 0 Å². The lowest BCUT2D eigenvalue weighted by atomic mass is 10.0. The van der Waals surface area contributed by atoms with Gasteiger partial charge >= 0.3 is 0 Å². The highest BCUT2D eigenvalue weighted by Crippen LogP contribution is 2.40. The maximum atomic E-state index is 14.4. The summed E-state index contributed by atoms with van der Waals surface area (Å²) in [6.45, 7) is 1.39. The molecule has 0 aliphatic carbocycles. The van der Waals surface area contributed by atoms with Gasteiger partial charge in [0.25, 0.3) is 5.92 Å². The van der Waals surface area contributed by atoms with Crippen LogP contribution in [0.25, 0.3) is 0 Å². The highest BCUT2D eigenvalue weighted by Gasteiger charge is 2.41. The molecular formula is C15H19F2N5O. The van der Waals surface area contributed by atoms with Crippen LogP contribution in [0.5, 0.6) is 5.75 Å². The minimum atomic E-state index is -3.10. The van der Waals surface area contributed by atoms with E-state index in [0.29, 0.717) is 5.56 Å². The Hall–Kier alpha value is -2.61. The van der Waals surface area contributed by atoms with Gasteiger partial charge in [-0.2, -0.15) is 0 Å². The van der Waals surface area contributed by atoms with Crippen molar-refractivity contribution in [1.82, 2.24) is 4.98 Å². The molecule has 1 atom stereocenters. The number of hydrazine groups is 1. The number of hydrogen-bond donors (Lipinski definition) is 4. The van der Waals surface area contributed by atoms with E-state index in [1.165, 1.54) is 13.0 Å². The van der Waals surface area contributed by atoms with Gasteiger partial charge in [0.2, 0.25) is 0 Å². The largest absolute Gasteiger partial charge is 0.477 e. The quantitative estimate of drug-likeness (QED) is 0.480. The van der Waals surface area contributed by atoms with Gasteiger partial charge in [-0.15, -0.1) is 0 Å². The van der Waals surface area contributed by atoms with Crippen molar-refractivity contribution in [3.8, 4) is 5.75 Å². The summed E-state index contributed by atoms with van der Waals surface area (Å²) in [4.78, 5) is 3.86. The van der Waals surface area contributed by atoms with Gasteiger partial charge in [-0.05, 0) is 5.56 Å². The van der Waals surface area contributed by atoms with Gasteiger partial charge in [0.15, 0.2) is 17.7 Å². The number of nitrogens with zero attached hydrogens (tertiary/aromatic N) is 1. The Bertz CT molecular complexity index is 666. The van der Waals surface area contributed by atoms with Crippen LogP contribution in [0.4, 0.5) is 26.1 Å². The molecule has 0 saturated heterocycles. The molecule has 0 saturated carbocycles. The number of pyridine rings is 1. The first kappa shape index (κ1) is 16.8. The molecule has 1 unspecified atom stereocenters. The minimum absolute atomic E-state index is 0.00701. The fourth-order valence-electron chi connectivity index (χ4n) is 2.10. The summed E-state index contributed by atoms with van der Waals surface area (Å²) < 4.78 is 34.2. The van der Waals surface area contributed by atoms with E-state index in [4.69, 9.17) is 22.0 Å². The van der Waals surface area contributed by atoms with Crippen molar-refractivity contribution in [2.75, 3.05) is 16.9 Å². The Morgan fingerprint density at radius 2 is 1.91 bits per heavy atom. The number of ether oxygens (including phenoxy) is 1. The molecule has 2 aromatic rings. The van der Waals surface area contributed by atoms with Gasteiger partial charge in [0.1, 0.15) is 11.5 Å². The molecule has 1 heterocycles. The van der Waals surface area contributed by atoms with Gasteiger partial charge < -0.3 is 21.6 Å². The number of anilines is 3. The summed E-state index contributed by atoms with van der Waals surface area (Å²) in [5, 5.41) is 0. The molecule has 0 fully saturated rings. The first-order chi connectivity index (χ1) is 10.9. The molecule has 8 heteroatoms. The summed E-state index contributed by atoms with van der Waals surface area (Å²) >= 11 is 0. The van der Waals surface area contributed by atoms with E-state index in [1.807, 2.05) is 0 Å². The van der Waals surface area contributed by atoms with Crippen LogP contribution < -0.4 is 27.5 Å². The summed E-state index contributed by atoms with van der Waals surface area (Å²) in [5.41, 5.74) is 14.1. The molecule has 0 radical (unpaired) electrons. The monoisotopic (exact) mass is 323 g/mol. The Kier molecular flexibility index (Phi) is 4.85. The third-order valence-corrected chi connectivity index (χ3v) is 3.38. The van der Waals surface area contributed by atoms with Crippen molar-refractivity contribution in [2.45, 2.75) is 25.4 Å². The van der Waals surface area contributed by atoms with Gasteiger partial charge in [0, 0.05) is 12.5 Å². The van der Waals surface area contributed by atoms with E-state index in [-0.39, 0.29) is 23.1 Å². The smallest absolute Gasteiger partial charge is 0.288 e. The summed E-state index contributed by atoms with van der Waals surface area (Å²) in [6, 6.07) is 9.48. The zero-order valence-corrected chi connectivity index (χ0v) is 12.6. The van der Waals surface area contributed by atoms with E-state index in [0.717, 1.165) is 0 Å². The van der Waals surface area contributed by atoms with Crippen molar-refractivity contribution in [2.24, 2.45) is 5.84 Å². The number of hydrogen-bond acceptors (Lipinski definition) is 6. The zero-order chi connectivity index (χ0) is 17.0. The fourth-order valence-corrected chi connectivity index (χ4v) is 2.10. The van der Waals surface area contributed by atoms with E-state index >= 15 is 0 Å². The van der Waals surface area contributed by atoms with Crippen molar-refractivity contribution in [1.29, 1.82) is 0 Å². The van der Waals surface area contributed by atoms with Crippen molar-refractivity contribution < 1.29 is 13.5 Å². The van der Waals surface area contributed by atoms with Crippen LogP contribution >= 0.6 is 0 Å². The van der Waals surface area contributed by atoms with Gasteiger partial charge in [-0.25, -0.2) is 19.6 Å². The number of benzene rings is 1. The molecule has 0 amide bonds. The van der Waals surface area contributed by atoms with Crippen molar-refractivity contribution in [3.63, 3.8) is 0 Å². The van der Waals surface area contributed by atoms with Gasteiger partial charge in [-0.1, -0.05) is 37.3 Å². The standard InChI is InChI=1S/C15H19F2N5O/c1-2-15(16,17)13(9-6-4-3-5-7-9)23-10-8-11(18)21-14(22-20)12(10)19/h3-8,13H,2,19-20H2,1H3,(H3,18,21,22). The third kappa shape index (κ3) is 3.59. The number of halogens is 2. The molecule has 124 valence electrons. The van der Waals surface area contributed by atoms with Gasteiger partial charge in [0.05, 0.1) is 0 Å². The number of nitrogens with one attached hydrogen (secondary N) is 1. The van der Waals surface area contributed by atoms with E-state index in [2.05, 4.69) is 10.4 Å². The summed E-state index contributed by atoms with van der Waals surface area (Å²) in [7, 11) is 0. The first-order valence-corrected chi connectivity index (χ1v) is 7.01. The highest BCUT2D eigenvalue weighted by atomic mass is 19.3. The second-order valence-corrected chi connectivity index (χ2v) is 4.98. The molecule has 0 bridgehead atoms. The second kappa shape index (κ2) is 6.66. The topological polar surface area (TPSA) is 112 Å². The molecule has 6 nitrogen and oxygen atoms in total. The Morgan fingerprint density at radius 1 is 1.26 bits per heavy atom. The lowest BCUT2D eigenvalue weighted by molar-refractivity contribution is -0.100. The molecule has 1 aromatic heterocycles. The van der Waals surface area contributed by atoms with Crippen LogP contribution in [-0.4, -0.2) is 10.9 Å². The normalized spacial score (nSPS) is 12.7. The second-order valence-electron chi connectivity index (χ2n) is 4.98. The van der Waals surface area contributed by atoms with Crippen molar-refractivity contribution >= 4 is 17.3 Å². The third-order valence-electron chi connectivity index (χ3n) is 3.38. The van der Waals surface area contributed by atoms with E-state index in [1.54, 1.807) is 30.3 Å². The number of nitrogen functional groups attached to an aromatic ring is 3. The summed E-state index contributed by atoms with van der Waals surface area (Å²) in [5.74, 6) is 2.30. The average Bonchev–Trinajstić information content (AvgIpc) is 2.55. The average molecular weight is 323 g/mol. The number of nitrogens with two attached hydrogens (primary N) is 3. The lowest BCUT2D eigenvalue weighted by Gasteiger charge is -2.28. The van der Waals surface area contributed by atoms with Crippen LogP contribution in [0.15, 0.2) is 36.4 Å². The van der Waals surface area contributed by atoms with Crippen LogP contribution in [-0.2, 0) is 0 Å². The maximum Gasteiger partial charge on any atom is 0.288 e. The van der Waals surface area contributed by atoms with E-state index in [9.17, 15) is 8.78 Å². The van der Waals surface area contributed by atoms with Crippen LogP contribution in [0, 0.1) is 0 Å². The predicted octanol–water partition coefficient (Wildman–Crippen LogP) is 2.70. The highest BCUT2D eigenvalue weighted by molar-refractivity contribution is 5.71. The molecular weight excluding hydrogens is 304 g/mol. The van der Waals surface area contributed by atoms with Crippen LogP contribution in [0.3, 0.4) is 0 Å². The van der Waals surface area contributed by atoms with E-state index < -0.39 is 18.4 Å². The van der Waals surface area contributed by atoms with Crippen molar-refractivity contribution in [3.05, 3.63) is 42.0 Å². The Morgan fingerprint density at radius 3 is 2.48 bits per heavy atom. The lowest BCUT2D eigenvalue weighted by Crippen LogP contribution is -2.30. The molecule has 23 heavy (non-hydrogen) atoms. The fraction of sp³-hybridized carbons (Fsp3) is 0.267. The number of rotatable bonds is 6. The minimum Gasteiger partial charge on any atom is -0.477 e. The zero-order valence-electron chi connectivity index (χ0n) is 12.6. The maximum absolute atomic E-state index is 14.4. The first-order valence-electron chi connectivity index (χ1n) is 7.01. The Balaban J connectivity index is 2.45. The summed E-state index contributed by atoms with van der Waals surface area (Å²) in [6.07, 6.45) is -1.90. The molecule has 0 aliphatic rings. The molecule has 2 rings (SSSR count). The Labute approximate surface area is 132 Å².